The number of oxime groups is 1. The Labute approximate surface area is 216 Å². The van der Waals surface area contributed by atoms with Crippen LogP contribution in [0.25, 0.3) is 11.0 Å². The summed E-state index contributed by atoms with van der Waals surface area (Å²) in [5, 5.41) is 13.4. The van der Waals surface area contributed by atoms with E-state index in [4.69, 9.17) is 9.57 Å². The number of morpholine rings is 1. The van der Waals surface area contributed by atoms with E-state index in [0.717, 1.165) is 30.2 Å². The van der Waals surface area contributed by atoms with E-state index in [0.29, 0.717) is 24.8 Å². The van der Waals surface area contributed by atoms with Gasteiger partial charge in [-0.1, -0.05) is 43.0 Å². The molecule has 0 amide bonds. The number of carboxylic acids is 1. The van der Waals surface area contributed by atoms with Gasteiger partial charge in [-0.25, -0.2) is 9.78 Å². The van der Waals surface area contributed by atoms with Crippen LogP contribution in [0.1, 0.15) is 69.5 Å². The van der Waals surface area contributed by atoms with Crippen LogP contribution in [-0.4, -0.2) is 69.7 Å². The number of aromatic nitrogens is 2. The lowest BCUT2D eigenvalue weighted by Gasteiger charge is -2.54. The van der Waals surface area contributed by atoms with Gasteiger partial charge >= 0.3 is 5.97 Å². The number of ether oxygens (including phenoxy) is 1. The van der Waals surface area contributed by atoms with Crippen LogP contribution in [0.3, 0.4) is 0 Å². The Morgan fingerprint density at radius 1 is 1.00 bits per heavy atom. The third kappa shape index (κ3) is 4.56. The zero-order valence-corrected chi connectivity index (χ0v) is 21.4. The number of rotatable bonds is 5. The molecule has 4 aliphatic rings. The van der Waals surface area contributed by atoms with Crippen LogP contribution in [0.2, 0.25) is 0 Å². The number of carbonyl (C=O) groups is 1. The highest BCUT2D eigenvalue weighted by Crippen LogP contribution is 2.44. The maximum Gasteiger partial charge on any atom is 0.360 e. The minimum absolute atomic E-state index is 0.0715. The molecule has 1 aromatic carbocycles. The molecule has 4 bridgehead atoms. The van der Waals surface area contributed by atoms with Gasteiger partial charge in [0.25, 0.3) is 5.56 Å². The summed E-state index contributed by atoms with van der Waals surface area (Å²) in [6.45, 7) is 1.35. The summed E-state index contributed by atoms with van der Waals surface area (Å²) in [7, 11) is 1.26. The summed E-state index contributed by atoms with van der Waals surface area (Å²) >= 11 is 0. The third-order valence-electron chi connectivity index (χ3n) is 9.10. The third-order valence-corrected chi connectivity index (χ3v) is 9.10. The first-order valence-corrected chi connectivity index (χ1v) is 13.7. The van der Waals surface area contributed by atoms with Gasteiger partial charge in [-0.05, 0) is 56.1 Å². The first-order chi connectivity index (χ1) is 18.0. The smallest absolute Gasteiger partial charge is 0.360 e. The summed E-state index contributed by atoms with van der Waals surface area (Å²) < 4.78 is 7.82. The van der Waals surface area contributed by atoms with E-state index in [-0.39, 0.29) is 23.8 Å². The fraction of sp³-hybridized carbons (Fsp3) is 0.643. The molecule has 4 fully saturated rings. The van der Waals surface area contributed by atoms with E-state index >= 15 is 0 Å². The predicted octanol–water partition coefficient (Wildman–Crippen LogP) is 3.59. The number of benzene rings is 1. The van der Waals surface area contributed by atoms with Crippen LogP contribution in [0.4, 0.5) is 0 Å². The number of piperidine rings is 1. The van der Waals surface area contributed by atoms with Gasteiger partial charge in [-0.3, -0.25) is 9.69 Å². The SMILES string of the molecule is CO/N=C(\C(=O)O)c1nc2ccccc2n(C2CC3COCC(C2)N3C2CC3CCCCC(C3)C2)c1=O. The Hall–Kier alpha value is -2.78. The Bertz CT molecular complexity index is 1230. The highest BCUT2D eigenvalue weighted by molar-refractivity contribution is 6.41. The van der Waals surface area contributed by atoms with E-state index < -0.39 is 17.2 Å². The molecule has 1 N–H and O–H groups in total. The van der Waals surface area contributed by atoms with Gasteiger partial charge in [0.15, 0.2) is 5.69 Å². The lowest BCUT2D eigenvalue weighted by molar-refractivity contribution is -0.129. The molecule has 2 saturated heterocycles. The van der Waals surface area contributed by atoms with Crippen molar-refractivity contribution in [2.75, 3.05) is 20.3 Å². The molecule has 0 spiro atoms. The molecule has 2 aliphatic heterocycles. The topological polar surface area (TPSA) is 106 Å². The van der Waals surface area contributed by atoms with Gasteiger partial charge in [-0.2, -0.15) is 0 Å². The number of hydrogen-bond donors (Lipinski definition) is 1. The van der Waals surface area contributed by atoms with Crippen molar-refractivity contribution in [1.82, 2.24) is 14.5 Å². The fourth-order valence-corrected chi connectivity index (χ4v) is 7.78. The maximum absolute atomic E-state index is 13.8. The van der Waals surface area contributed by atoms with Crippen molar-refractivity contribution in [1.29, 1.82) is 0 Å². The molecule has 9 heteroatoms. The van der Waals surface area contributed by atoms with Gasteiger partial charge in [0, 0.05) is 24.2 Å². The maximum atomic E-state index is 13.8. The van der Waals surface area contributed by atoms with Crippen LogP contribution in [-0.2, 0) is 14.4 Å². The van der Waals surface area contributed by atoms with Crippen molar-refractivity contribution in [3.63, 3.8) is 0 Å². The second-order valence-electron chi connectivity index (χ2n) is 11.3. The zero-order chi connectivity index (χ0) is 25.5. The van der Waals surface area contributed by atoms with E-state index in [1.165, 1.54) is 52.1 Å². The number of nitrogens with zero attached hydrogens (tertiary/aromatic N) is 4. The highest BCUT2D eigenvalue weighted by atomic mass is 16.6. The average molecular weight is 509 g/mol. The van der Waals surface area contributed by atoms with Crippen LogP contribution in [0.5, 0.6) is 0 Å². The van der Waals surface area contributed by atoms with E-state index in [9.17, 15) is 14.7 Å². The molecule has 4 unspecified atom stereocenters. The summed E-state index contributed by atoms with van der Waals surface area (Å²) in [4.78, 5) is 37.7. The van der Waals surface area contributed by atoms with Crippen LogP contribution < -0.4 is 5.56 Å². The largest absolute Gasteiger partial charge is 0.476 e. The van der Waals surface area contributed by atoms with Crippen LogP contribution >= 0.6 is 0 Å². The molecule has 37 heavy (non-hydrogen) atoms. The van der Waals surface area contributed by atoms with Gasteiger partial charge in [-0.15, -0.1) is 0 Å². The first kappa shape index (κ1) is 24.6. The molecule has 6 rings (SSSR count). The molecule has 2 aromatic rings. The lowest BCUT2D eigenvalue weighted by atomic mass is 9.75. The minimum atomic E-state index is -1.34. The number of aliphatic carboxylic acids is 1. The first-order valence-electron chi connectivity index (χ1n) is 13.7. The van der Waals surface area contributed by atoms with Crippen molar-refractivity contribution in [3.8, 4) is 0 Å². The Morgan fingerprint density at radius 3 is 2.32 bits per heavy atom. The summed E-state index contributed by atoms with van der Waals surface area (Å²) in [5.41, 5.74) is 0.200. The summed E-state index contributed by atoms with van der Waals surface area (Å²) in [6, 6.07) is 8.45. The molecule has 4 atom stereocenters. The molecule has 2 saturated carbocycles. The quantitative estimate of drug-likeness (QED) is 0.486. The van der Waals surface area contributed by atoms with Crippen LogP contribution in [0.15, 0.2) is 34.2 Å². The second-order valence-corrected chi connectivity index (χ2v) is 11.3. The molecule has 0 radical (unpaired) electrons. The van der Waals surface area contributed by atoms with Crippen molar-refractivity contribution in [2.24, 2.45) is 17.0 Å². The molecule has 2 aliphatic carbocycles. The number of carboxylic acid groups (broad SMARTS) is 1. The van der Waals surface area contributed by atoms with E-state index in [1.807, 2.05) is 24.3 Å². The van der Waals surface area contributed by atoms with Gasteiger partial charge < -0.3 is 19.2 Å². The van der Waals surface area contributed by atoms with Crippen LogP contribution in [0, 0.1) is 11.8 Å². The van der Waals surface area contributed by atoms with Gasteiger partial charge in [0.05, 0.1) is 24.2 Å². The Kier molecular flexibility index (Phi) is 6.75. The predicted molar refractivity (Wildman–Crippen MR) is 139 cm³/mol. The molecule has 3 heterocycles. The lowest BCUT2D eigenvalue weighted by Crippen LogP contribution is -2.62. The van der Waals surface area contributed by atoms with Crippen molar-refractivity contribution >= 4 is 22.7 Å². The Morgan fingerprint density at radius 2 is 1.68 bits per heavy atom. The summed E-state index contributed by atoms with van der Waals surface area (Å²) in [5.74, 6) is 0.344. The standard InChI is InChI=1S/C28H36N4O5/c1-36-30-26(28(34)35)25-27(33)32(24-9-5-4-8-23(24)29-25)20-13-21-15-37-16-22(14-20)31(21)19-11-17-6-2-3-7-18(10-17)12-19/h4-5,8-9,17-22H,2-3,6-7,10-16H2,1H3,(H,34,35)/b30-26-. The number of hydrogen-bond acceptors (Lipinski definition) is 7. The molecule has 198 valence electrons. The molecule has 9 nitrogen and oxygen atoms in total. The van der Waals surface area contributed by atoms with E-state index in [2.05, 4.69) is 15.0 Å². The van der Waals surface area contributed by atoms with Gasteiger partial charge in [0.1, 0.15) is 7.11 Å². The van der Waals surface area contributed by atoms with Gasteiger partial charge in [0.2, 0.25) is 5.71 Å². The summed E-state index contributed by atoms with van der Waals surface area (Å²) in [6.07, 6.45) is 11.0. The van der Waals surface area contributed by atoms with E-state index in [1.54, 1.807) is 4.57 Å². The monoisotopic (exact) mass is 508 g/mol. The van der Waals surface area contributed by atoms with Crippen molar-refractivity contribution in [3.05, 3.63) is 40.3 Å². The van der Waals surface area contributed by atoms with Crippen molar-refractivity contribution < 1.29 is 19.5 Å². The number of para-hydroxylation sites is 2. The molecule has 1 aromatic heterocycles. The molecular formula is C28H36N4O5. The second kappa shape index (κ2) is 10.2. The normalized spacial score (nSPS) is 32.6. The Balaban J connectivity index is 1.36. The molecular weight excluding hydrogens is 472 g/mol. The zero-order valence-electron chi connectivity index (χ0n) is 21.4. The number of fused-ring (bicyclic) bond motifs is 5. The highest BCUT2D eigenvalue weighted by Gasteiger charge is 2.46. The average Bonchev–Trinajstić information content (AvgIpc) is 3.05. The fourth-order valence-electron chi connectivity index (χ4n) is 7.78. The van der Waals surface area contributed by atoms with Crippen molar-refractivity contribution in [2.45, 2.75) is 82.0 Å². The minimum Gasteiger partial charge on any atom is -0.476 e.